The van der Waals surface area contributed by atoms with Crippen LogP contribution < -0.4 is 15.2 Å². The van der Waals surface area contributed by atoms with E-state index in [-0.39, 0.29) is 0 Å². The summed E-state index contributed by atoms with van der Waals surface area (Å²) in [6, 6.07) is 5.44. The van der Waals surface area contributed by atoms with Crippen molar-refractivity contribution in [3.05, 3.63) is 18.2 Å². The number of rotatable bonds is 0. The van der Waals surface area contributed by atoms with Crippen LogP contribution in [0.2, 0.25) is 0 Å². The van der Waals surface area contributed by atoms with E-state index in [0.29, 0.717) is 51.1 Å². The van der Waals surface area contributed by atoms with Crippen molar-refractivity contribution in [2.75, 3.05) is 45.4 Å². The van der Waals surface area contributed by atoms with Gasteiger partial charge in [-0.3, -0.25) is 0 Å². The lowest BCUT2D eigenvalue weighted by atomic mass is 10.3. The summed E-state index contributed by atoms with van der Waals surface area (Å²) in [4.78, 5) is 0. The van der Waals surface area contributed by atoms with E-state index in [1.54, 1.807) is 6.07 Å². The molecule has 5 nitrogen and oxygen atoms in total. The zero-order chi connectivity index (χ0) is 13.3. The maximum Gasteiger partial charge on any atom is 0.163 e. The topological polar surface area (TPSA) is 62.9 Å². The molecule has 0 radical (unpaired) electrons. The van der Waals surface area contributed by atoms with Gasteiger partial charge in [0.25, 0.3) is 0 Å². The lowest BCUT2D eigenvalue weighted by molar-refractivity contribution is 0.0380. The molecule has 2 rings (SSSR count). The lowest BCUT2D eigenvalue weighted by Crippen LogP contribution is -2.11. The Morgan fingerprint density at radius 1 is 0.737 bits per heavy atom. The molecule has 0 atom stereocenters. The molecule has 1 aliphatic rings. The van der Waals surface area contributed by atoms with E-state index in [9.17, 15) is 0 Å². The highest BCUT2D eigenvalue weighted by Crippen LogP contribution is 2.29. The van der Waals surface area contributed by atoms with Crippen LogP contribution in [0.1, 0.15) is 12.8 Å². The number of fused-ring (bicyclic) bond motifs is 1. The number of hydrogen-bond donors (Lipinski definition) is 1. The zero-order valence-corrected chi connectivity index (χ0v) is 11.1. The first-order valence-electron chi connectivity index (χ1n) is 6.67. The minimum atomic E-state index is 0.584. The fraction of sp³-hybridized carbons (Fsp3) is 0.571. The minimum Gasteiger partial charge on any atom is -0.490 e. The van der Waals surface area contributed by atoms with E-state index in [1.165, 1.54) is 0 Å². The van der Waals surface area contributed by atoms with Crippen LogP contribution in [0.5, 0.6) is 11.5 Å². The predicted molar refractivity (Wildman–Crippen MR) is 72.7 cm³/mol. The largest absolute Gasteiger partial charge is 0.490 e. The Morgan fingerprint density at radius 3 is 2.05 bits per heavy atom. The molecule has 1 aliphatic heterocycles. The Hall–Kier alpha value is -1.46. The van der Waals surface area contributed by atoms with Gasteiger partial charge in [-0.25, -0.2) is 0 Å². The van der Waals surface area contributed by atoms with Gasteiger partial charge in [-0.1, -0.05) is 0 Å². The molecule has 19 heavy (non-hydrogen) atoms. The summed E-state index contributed by atoms with van der Waals surface area (Å²) in [6.45, 7) is 3.79. The molecule has 1 aromatic carbocycles. The van der Waals surface area contributed by atoms with Crippen LogP contribution in [0.3, 0.4) is 0 Å². The molecule has 1 aromatic rings. The van der Waals surface area contributed by atoms with Gasteiger partial charge < -0.3 is 24.7 Å². The summed E-state index contributed by atoms with van der Waals surface area (Å²) in [5.41, 5.74) is 6.43. The van der Waals surface area contributed by atoms with Crippen molar-refractivity contribution in [2.45, 2.75) is 12.8 Å². The molecule has 2 N–H and O–H groups in total. The fourth-order valence-electron chi connectivity index (χ4n) is 1.76. The first-order chi connectivity index (χ1) is 9.36. The summed E-state index contributed by atoms with van der Waals surface area (Å²) in [5, 5.41) is 0. The Bertz CT molecular complexity index is 384. The van der Waals surface area contributed by atoms with Gasteiger partial charge in [0.15, 0.2) is 11.5 Å². The van der Waals surface area contributed by atoms with Crippen LogP contribution in [0.15, 0.2) is 18.2 Å². The summed E-state index contributed by atoms with van der Waals surface area (Å²) in [6.07, 6.45) is 1.66. The van der Waals surface area contributed by atoms with Gasteiger partial charge in [0, 0.05) is 37.8 Å². The number of nitrogen functional groups attached to an aromatic ring is 1. The molecule has 106 valence electrons. The molecular weight excluding hydrogens is 246 g/mol. The third-order valence-electron chi connectivity index (χ3n) is 2.72. The smallest absolute Gasteiger partial charge is 0.163 e. The molecule has 1 heterocycles. The second-order valence-electron chi connectivity index (χ2n) is 4.33. The highest BCUT2D eigenvalue weighted by molar-refractivity contribution is 5.51. The molecule has 0 fully saturated rings. The zero-order valence-electron chi connectivity index (χ0n) is 11.1. The molecule has 0 amide bonds. The van der Waals surface area contributed by atoms with Crippen LogP contribution in [0.25, 0.3) is 0 Å². The Morgan fingerprint density at radius 2 is 1.37 bits per heavy atom. The third-order valence-corrected chi connectivity index (χ3v) is 2.72. The summed E-state index contributed by atoms with van der Waals surface area (Å²) < 4.78 is 22.3. The average molecular weight is 267 g/mol. The van der Waals surface area contributed by atoms with Crippen molar-refractivity contribution in [3.8, 4) is 11.5 Å². The van der Waals surface area contributed by atoms with Gasteiger partial charge in [-0.2, -0.15) is 0 Å². The van der Waals surface area contributed by atoms with Crippen molar-refractivity contribution in [1.29, 1.82) is 0 Å². The monoisotopic (exact) mass is 267 g/mol. The van der Waals surface area contributed by atoms with E-state index < -0.39 is 0 Å². The standard InChI is InChI=1S/C14H21NO4/c15-12-3-4-13-14(11-12)19-8-2-6-17-10-9-16-5-1-7-18-13/h3-4,11H,1-2,5-10,15H2. The molecule has 0 unspecified atom stereocenters. The van der Waals surface area contributed by atoms with Gasteiger partial charge in [-0.15, -0.1) is 0 Å². The van der Waals surface area contributed by atoms with Gasteiger partial charge in [0.1, 0.15) is 0 Å². The van der Waals surface area contributed by atoms with Crippen molar-refractivity contribution < 1.29 is 18.9 Å². The Balaban J connectivity index is 1.97. The highest BCUT2D eigenvalue weighted by atomic mass is 16.5. The fourth-order valence-corrected chi connectivity index (χ4v) is 1.76. The van der Waals surface area contributed by atoms with Crippen molar-refractivity contribution in [3.63, 3.8) is 0 Å². The van der Waals surface area contributed by atoms with E-state index >= 15 is 0 Å². The average Bonchev–Trinajstić information content (AvgIpc) is 2.41. The highest BCUT2D eigenvalue weighted by Gasteiger charge is 2.06. The summed E-state index contributed by atoms with van der Waals surface area (Å²) in [7, 11) is 0. The van der Waals surface area contributed by atoms with Gasteiger partial charge >= 0.3 is 0 Å². The quantitative estimate of drug-likeness (QED) is 0.727. The van der Waals surface area contributed by atoms with Crippen LogP contribution in [-0.2, 0) is 9.47 Å². The number of anilines is 1. The number of ether oxygens (including phenoxy) is 4. The van der Waals surface area contributed by atoms with E-state index in [4.69, 9.17) is 24.7 Å². The first-order valence-corrected chi connectivity index (χ1v) is 6.67. The third kappa shape index (κ3) is 4.96. The second-order valence-corrected chi connectivity index (χ2v) is 4.33. The Kier molecular flexibility index (Phi) is 5.78. The van der Waals surface area contributed by atoms with Gasteiger partial charge in [-0.05, 0) is 12.1 Å². The molecule has 0 spiro atoms. The van der Waals surface area contributed by atoms with Crippen LogP contribution in [0, 0.1) is 0 Å². The number of benzene rings is 1. The normalized spacial score (nSPS) is 18.5. The van der Waals surface area contributed by atoms with E-state index in [2.05, 4.69) is 0 Å². The maximum atomic E-state index is 5.76. The van der Waals surface area contributed by atoms with Crippen molar-refractivity contribution in [1.82, 2.24) is 0 Å². The van der Waals surface area contributed by atoms with Crippen LogP contribution in [0.4, 0.5) is 5.69 Å². The van der Waals surface area contributed by atoms with E-state index in [1.807, 2.05) is 12.1 Å². The molecule has 5 heteroatoms. The van der Waals surface area contributed by atoms with Crippen LogP contribution >= 0.6 is 0 Å². The van der Waals surface area contributed by atoms with Gasteiger partial charge in [0.2, 0.25) is 0 Å². The molecule has 0 saturated heterocycles. The summed E-state index contributed by atoms with van der Waals surface area (Å²) in [5.74, 6) is 1.42. The molecule has 0 aromatic heterocycles. The minimum absolute atomic E-state index is 0.584. The molecular formula is C14H21NO4. The number of nitrogens with two attached hydrogens (primary N) is 1. The lowest BCUT2D eigenvalue weighted by Gasteiger charge is -2.14. The predicted octanol–water partition coefficient (Wildman–Crippen LogP) is 1.85. The Labute approximate surface area is 113 Å². The second kappa shape index (κ2) is 7.86. The molecule has 0 bridgehead atoms. The molecule has 0 aliphatic carbocycles. The van der Waals surface area contributed by atoms with E-state index in [0.717, 1.165) is 18.6 Å². The summed E-state index contributed by atoms with van der Waals surface area (Å²) >= 11 is 0. The first kappa shape index (κ1) is 14.0. The maximum absolute atomic E-state index is 5.76. The number of hydrogen-bond acceptors (Lipinski definition) is 5. The van der Waals surface area contributed by atoms with Gasteiger partial charge in [0.05, 0.1) is 26.4 Å². The van der Waals surface area contributed by atoms with Crippen molar-refractivity contribution in [2.24, 2.45) is 0 Å². The SMILES string of the molecule is Nc1ccc2c(c1)OCCCOCCOCCCO2. The van der Waals surface area contributed by atoms with Crippen LogP contribution in [-0.4, -0.2) is 39.6 Å². The van der Waals surface area contributed by atoms with Crippen molar-refractivity contribution >= 4 is 5.69 Å². The molecule has 0 saturated carbocycles.